The van der Waals surface area contributed by atoms with Crippen molar-refractivity contribution in [2.75, 3.05) is 20.8 Å². The van der Waals surface area contributed by atoms with E-state index in [4.69, 9.17) is 27.9 Å². The second-order valence-electron chi connectivity index (χ2n) is 5.88. The number of carbonyl (C=O) groups excluding carboxylic acids is 1. The van der Waals surface area contributed by atoms with Crippen LogP contribution in [0, 0.1) is 0 Å². The van der Waals surface area contributed by atoms with Crippen molar-refractivity contribution in [1.29, 1.82) is 0 Å². The summed E-state index contributed by atoms with van der Waals surface area (Å²) in [7, 11) is 2.75. The average molecular weight is 417 g/mol. The highest BCUT2D eigenvalue weighted by molar-refractivity contribution is 7.89. The summed E-state index contributed by atoms with van der Waals surface area (Å²) >= 11 is 0.363. The third-order valence-electron chi connectivity index (χ3n) is 4.27. The van der Waals surface area contributed by atoms with Crippen LogP contribution in [0.15, 0.2) is 0 Å². The SMILES string of the molecule is C=[O+]OOSOC1C(O)C(OC)OC(C)C1OC1OCC(OC)C(O)C1O. The van der Waals surface area contributed by atoms with Gasteiger partial charge < -0.3 is 39.0 Å². The lowest BCUT2D eigenvalue weighted by Gasteiger charge is -2.45. The maximum absolute atomic E-state index is 10.4. The van der Waals surface area contributed by atoms with Crippen LogP contribution in [0.4, 0.5) is 0 Å². The van der Waals surface area contributed by atoms with Crippen LogP contribution >= 0.6 is 12.3 Å². The monoisotopic (exact) mass is 417 g/mol. The van der Waals surface area contributed by atoms with Gasteiger partial charge in [0.1, 0.15) is 36.6 Å². The zero-order valence-corrected chi connectivity index (χ0v) is 15.9. The minimum atomic E-state index is -1.39. The summed E-state index contributed by atoms with van der Waals surface area (Å²) in [5, 5.41) is 34.8. The number of hydrogen-bond acceptors (Lipinski definition) is 12. The van der Waals surface area contributed by atoms with Crippen molar-refractivity contribution in [3.05, 3.63) is 0 Å². The van der Waals surface area contributed by atoms with Crippen LogP contribution in [0.25, 0.3) is 0 Å². The number of aliphatic hydroxyl groups is 3. The van der Waals surface area contributed by atoms with E-state index < -0.39 is 55.3 Å². The zero-order valence-electron chi connectivity index (χ0n) is 15.0. The molecule has 2 aliphatic rings. The average Bonchev–Trinajstić information content (AvgIpc) is 2.66. The molecule has 0 saturated carbocycles. The fourth-order valence-electron chi connectivity index (χ4n) is 2.82. The molecule has 0 spiro atoms. The van der Waals surface area contributed by atoms with Crippen LogP contribution in [-0.4, -0.2) is 98.2 Å². The smallest absolute Gasteiger partial charge is 0.367 e. The molecule has 158 valence electrons. The van der Waals surface area contributed by atoms with Gasteiger partial charge in [-0.25, -0.2) is 0 Å². The molecule has 0 amide bonds. The molecule has 2 rings (SSSR count). The predicted molar refractivity (Wildman–Crippen MR) is 86.5 cm³/mol. The van der Waals surface area contributed by atoms with E-state index in [0.29, 0.717) is 12.3 Å². The first-order chi connectivity index (χ1) is 12.9. The molecule has 0 aromatic heterocycles. The quantitative estimate of drug-likeness (QED) is 0.130. The lowest BCUT2D eigenvalue weighted by atomic mass is 9.99. The summed E-state index contributed by atoms with van der Waals surface area (Å²) in [6.45, 7) is 4.59. The first-order valence-corrected chi connectivity index (χ1v) is 8.71. The highest BCUT2D eigenvalue weighted by atomic mass is 32.2. The molecule has 2 aliphatic heterocycles. The molecule has 12 nitrogen and oxygen atoms in total. The van der Waals surface area contributed by atoms with Crippen molar-refractivity contribution in [1.82, 2.24) is 0 Å². The number of hydrogen-bond donors (Lipinski definition) is 3. The Kier molecular flexibility index (Phi) is 9.10. The molecule has 0 aliphatic carbocycles. The highest BCUT2D eigenvalue weighted by Crippen LogP contribution is 2.31. The number of methoxy groups -OCH3 is 2. The molecule has 27 heavy (non-hydrogen) atoms. The Morgan fingerprint density at radius 3 is 2.41 bits per heavy atom. The van der Waals surface area contributed by atoms with Crippen LogP contribution in [0.3, 0.4) is 0 Å². The summed E-state index contributed by atoms with van der Waals surface area (Å²) in [5.41, 5.74) is 0. The van der Waals surface area contributed by atoms with Gasteiger partial charge in [-0.2, -0.15) is 0 Å². The van der Waals surface area contributed by atoms with Gasteiger partial charge >= 0.3 is 6.79 Å². The number of ether oxygens (including phenoxy) is 5. The Morgan fingerprint density at radius 2 is 1.78 bits per heavy atom. The third kappa shape index (κ3) is 5.48. The summed E-state index contributed by atoms with van der Waals surface area (Å²) in [6.07, 6.45) is -9.36. The van der Waals surface area contributed by atoms with Crippen molar-refractivity contribution in [2.24, 2.45) is 0 Å². The standard InChI is InChI=1S/C14H25O12S/c1-6-11(23-14-9(16)8(15)7(18-2)5-21-14)12(24-27-26-25-20-4)10(17)13(19-3)22-6/h6-17H,4-5H2,1-3H3/q+1. The van der Waals surface area contributed by atoms with E-state index in [2.05, 4.69) is 20.7 Å². The molecule has 2 saturated heterocycles. The van der Waals surface area contributed by atoms with Crippen LogP contribution < -0.4 is 0 Å². The topological polar surface area (TPSA) is 146 Å². The van der Waals surface area contributed by atoms with Crippen molar-refractivity contribution >= 4 is 19.1 Å². The van der Waals surface area contributed by atoms with Gasteiger partial charge in [-0.3, -0.25) is 4.18 Å². The van der Waals surface area contributed by atoms with E-state index in [-0.39, 0.29) is 6.61 Å². The van der Waals surface area contributed by atoms with Gasteiger partial charge in [0, 0.05) is 23.1 Å². The van der Waals surface area contributed by atoms with Crippen LogP contribution in [0.5, 0.6) is 0 Å². The minimum absolute atomic E-state index is 0.00264. The molecule has 9 unspecified atom stereocenters. The molecular formula is C14H25O12S+. The Hall–Kier alpha value is -0.580. The molecule has 13 heteroatoms. The fourth-order valence-corrected chi connectivity index (χ4v) is 3.23. The van der Waals surface area contributed by atoms with Crippen molar-refractivity contribution < 1.29 is 57.1 Å². The highest BCUT2D eigenvalue weighted by Gasteiger charge is 2.49. The van der Waals surface area contributed by atoms with Crippen LogP contribution in [0.2, 0.25) is 0 Å². The van der Waals surface area contributed by atoms with E-state index in [0.717, 1.165) is 0 Å². The Morgan fingerprint density at radius 1 is 1.04 bits per heavy atom. The van der Waals surface area contributed by atoms with Crippen molar-refractivity contribution in [2.45, 2.75) is 62.2 Å². The predicted octanol–water partition coefficient (Wildman–Crippen LogP) is -1.61. The van der Waals surface area contributed by atoms with Crippen LogP contribution in [0.1, 0.15) is 6.92 Å². The Labute approximate surface area is 160 Å². The molecule has 2 fully saturated rings. The Bertz CT molecular complexity index is 456. The van der Waals surface area contributed by atoms with E-state index in [1.165, 1.54) is 14.2 Å². The molecule has 0 bridgehead atoms. The van der Waals surface area contributed by atoms with Gasteiger partial charge in [0.2, 0.25) is 12.3 Å². The molecule has 9 atom stereocenters. The van der Waals surface area contributed by atoms with Gasteiger partial charge in [0.25, 0.3) is 0 Å². The second-order valence-corrected chi connectivity index (χ2v) is 6.34. The maximum Gasteiger partial charge on any atom is 0.367 e. The van der Waals surface area contributed by atoms with Crippen molar-refractivity contribution in [3.63, 3.8) is 0 Å². The molecular weight excluding hydrogens is 392 g/mol. The summed E-state index contributed by atoms with van der Waals surface area (Å²) in [5.74, 6) is 0. The zero-order chi connectivity index (χ0) is 20.0. The van der Waals surface area contributed by atoms with Gasteiger partial charge in [-0.15, -0.1) is 0 Å². The molecule has 0 radical (unpaired) electrons. The summed E-state index contributed by atoms with van der Waals surface area (Å²) < 4.78 is 40.7. The first kappa shape index (κ1) is 22.7. The molecule has 2 heterocycles. The van der Waals surface area contributed by atoms with E-state index >= 15 is 0 Å². The normalized spacial score (nSPS) is 42.7. The summed E-state index contributed by atoms with van der Waals surface area (Å²) in [6, 6.07) is 0. The van der Waals surface area contributed by atoms with Gasteiger partial charge in [0.05, 0.1) is 17.7 Å². The van der Waals surface area contributed by atoms with E-state index in [1.807, 2.05) is 0 Å². The fraction of sp³-hybridized carbons (Fsp3) is 0.929. The number of rotatable bonds is 9. The minimum Gasteiger partial charge on any atom is -0.387 e. The third-order valence-corrected chi connectivity index (χ3v) is 4.68. The lowest BCUT2D eigenvalue weighted by molar-refractivity contribution is -0.826. The molecule has 0 aromatic carbocycles. The van der Waals surface area contributed by atoms with Crippen molar-refractivity contribution in [3.8, 4) is 0 Å². The Balaban J connectivity index is 2.06. The van der Waals surface area contributed by atoms with Gasteiger partial charge in [-0.05, 0) is 6.92 Å². The lowest BCUT2D eigenvalue weighted by Crippen LogP contribution is -2.62. The van der Waals surface area contributed by atoms with E-state index in [1.54, 1.807) is 6.92 Å². The largest absolute Gasteiger partial charge is 0.387 e. The van der Waals surface area contributed by atoms with Gasteiger partial charge in [-0.1, -0.05) is 0 Å². The number of aliphatic hydroxyl groups excluding tert-OH is 3. The van der Waals surface area contributed by atoms with E-state index in [9.17, 15) is 15.3 Å². The summed E-state index contributed by atoms with van der Waals surface area (Å²) in [4.78, 5) is 0. The first-order valence-electron chi connectivity index (χ1n) is 8.04. The maximum atomic E-state index is 10.4. The van der Waals surface area contributed by atoms with Gasteiger partial charge in [0.15, 0.2) is 12.6 Å². The second kappa shape index (κ2) is 10.8. The molecule has 3 N–H and O–H groups in total. The van der Waals surface area contributed by atoms with Crippen LogP contribution in [-0.2, 0) is 41.8 Å². The molecule has 0 aromatic rings.